The molecule has 2 unspecified atom stereocenters. The number of aliphatic carboxylic acids is 1. The summed E-state index contributed by atoms with van der Waals surface area (Å²) in [6, 6.07) is 8.16. The van der Waals surface area contributed by atoms with E-state index in [1.54, 1.807) is 24.3 Å². The molecule has 36 heavy (non-hydrogen) atoms. The summed E-state index contributed by atoms with van der Waals surface area (Å²) in [7, 11) is 1.48. The van der Waals surface area contributed by atoms with Crippen LogP contribution in [0.2, 0.25) is 0 Å². The van der Waals surface area contributed by atoms with Crippen molar-refractivity contribution in [1.29, 1.82) is 0 Å². The van der Waals surface area contributed by atoms with Crippen molar-refractivity contribution in [1.82, 2.24) is 9.88 Å². The van der Waals surface area contributed by atoms with Gasteiger partial charge in [-0.2, -0.15) is 0 Å². The van der Waals surface area contributed by atoms with Gasteiger partial charge in [0.2, 0.25) is 0 Å². The number of carbonyl (C=O) groups is 1. The summed E-state index contributed by atoms with van der Waals surface area (Å²) >= 11 is 0. The van der Waals surface area contributed by atoms with E-state index < -0.39 is 34.8 Å². The van der Waals surface area contributed by atoms with Crippen molar-refractivity contribution in [2.75, 3.05) is 33.4 Å². The number of hydrogen-bond donors (Lipinski definition) is 2. The Balaban J connectivity index is 1.67. The Kier molecular flexibility index (Phi) is 7.61. The monoisotopic (exact) mass is 500 g/mol. The summed E-state index contributed by atoms with van der Waals surface area (Å²) in [5.74, 6) is -3.21. The third kappa shape index (κ3) is 4.94. The first-order valence-corrected chi connectivity index (χ1v) is 11.6. The molecule has 0 saturated carbocycles. The fraction of sp³-hybridized carbons (Fsp3) is 0.333. The van der Waals surface area contributed by atoms with Gasteiger partial charge >= 0.3 is 5.97 Å². The minimum absolute atomic E-state index is 0.0394. The quantitative estimate of drug-likeness (QED) is 0.446. The molecule has 1 saturated heterocycles. The number of methoxy groups -OCH3 is 1. The normalized spacial score (nSPS) is 19.2. The summed E-state index contributed by atoms with van der Waals surface area (Å²) < 4.78 is 47.9. The Bertz CT molecular complexity index is 1300. The highest BCUT2D eigenvalue weighted by Crippen LogP contribution is 2.48. The predicted octanol–water partition coefficient (Wildman–Crippen LogP) is 4.62. The fourth-order valence-corrected chi connectivity index (χ4v) is 5.12. The molecule has 2 N–H and O–H groups in total. The Morgan fingerprint density at radius 2 is 2.03 bits per heavy atom. The second-order valence-electron chi connectivity index (χ2n) is 8.98. The van der Waals surface area contributed by atoms with E-state index in [2.05, 4.69) is 4.98 Å². The number of aliphatic hydroxyl groups is 1. The van der Waals surface area contributed by atoms with Crippen LogP contribution in [0.1, 0.15) is 29.9 Å². The zero-order chi connectivity index (χ0) is 25.9. The number of likely N-dealkylation sites (tertiary alicyclic amines) is 1. The molecule has 1 fully saturated rings. The Morgan fingerprint density at radius 3 is 2.75 bits per heavy atom. The molecule has 0 aliphatic carbocycles. The molecule has 3 aromatic rings. The van der Waals surface area contributed by atoms with Crippen LogP contribution in [0, 0.1) is 22.9 Å². The average Bonchev–Trinajstić information content (AvgIpc) is 3.30. The van der Waals surface area contributed by atoms with Crippen molar-refractivity contribution in [3.63, 3.8) is 0 Å². The lowest BCUT2D eigenvalue weighted by Gasteiger charge is -2.35. The van der Waals surface area contributed by atoms with Gasteiger partial charge in [0.05, 0.1) is 24.2 Å². The lowest BCUT2D eigenvalue weighted by atomic mass is 9.69. The Labute approximate surface area is 206 Å². The van der Waals surface area contributed by atoms with E-state index in [1.165, 1.54) is 13.2 Å². The number of fused-ring (bicyclic) bond motifs is 1. The first kappa shape index (κ1) is 25.7. The average molecular weight is 501 g/mol. The van der Waals surface area contributed by atoms with Crippen LogP contribution in [0.15, 0.2) is 48.7 Å². The number of aromatic nitrogens is 1. The minimum atomic E-state index is -1.38. The van der Waals surface area contributed by atoms with Crippen molar-refractivity contribution < 1.29 is 32.9 Å². The molecular formula is C27H27F3N2O4. The van der Waals surface area contributed by atoms with E-state index in [-0.39, 0.29) is 37.1 Å². The van der Waals surface area contributed by atoms with Gasteiger partial charge in [-0.1, -0.05) is 12.2 Å². The number of ether oxygens (including phenoxy) is 1. The molecule has 4 rings (SSSR count). The Morgan fingerprint density at radius 1 is 1.22 bits per heavy atom. The SMILES string of the molecule is COc1ccc2ncc(F)c(C(CCO)C3(C(=O)O)CCN(CC=Cc4cc(F)ccc4F)C3)c2c1. The smallest absolute Gasteiger partial charge is 0.311 e. The van der Waals surface area contributed by atoms with Crippen molar-refractivity contribution in [3.8, 4) is 5.75 Å². The second kappa shape index (κ2) is 10.7. The molecular weight excluding hydrogens is 473 g/mol. The molecule has 9 heteroatoms. The number of nitrogens with zero attached hydrogens (tertiary/aromatic N) is 2. The highest BCUT2D eigenvalue weighted by atomic mass is 19.1. The van der Waals surface area contributed by atoms with Crippen molar-refractivity contribution in [2.45, 2.75) is 18.8 Å². The van der Waals surface area contributed by atoms with Crippen LogP contribution in [0.25, 0.3) is 17.0 Å². The summed E-state index contributed by atoms with van der Waals surface area (Å²) in [6.07, 6.45) is 4.43. The molecule has 0 radical (unpaired) electrons. The first-order chi connectivity index (χ1) is 17.3. The standard InChI is InChI=1S/C27H27F3N2O4/c1-36-19-5-7-24-20(14-19)25(23(30)15-31-24)21(8-12-33)27(26(34)35)9-11-32(16-27)10-2-3-17-13-18(28)4-6-22(17)29/h2-7,13-15,21,33H,8-12,16H2,1H3,(H,34,35). The van der Waals surface area contributed by atoms with Crippen LogP contribution in [0.3, 0.4) is 0 Å². The predicted molar refractivity (Wildman–Crippen MR) is 129 cm³/mol. The molecule has 2 heterocycles. The molecule has 2 aromatic carbocycles. The fourth-order valence-electron chi connectivity index (χ4n) is 5.12. The van der Waals surface area contributed by atoms with Crippen LogP contribution in [0.4, 0.5) is 13.2 Å². The van der Waals surface area contributed by atoms with E-state index >= 15 is 4.39 Å². The lowest BCUT2D eigenvalue weighted by molar-refractivity contribution is -0.150. The van der Waals surface area contributed by atoms with Gasteiger partial charge in [0.25, 0.3) is 0 Å². The van der Waals surface area contributed by atoms with Gasteiger partial charge in [0, 0.05) is 42.1 Å². The van der Waals surface area contributed by atoms with Crippen molar-refractivity contribution >= 4 is 22.9 Å². The highest BCUT2D eigenvalue weighted by molar-refractivity contribution is 5.86. The molecule has 2 atom stereocenters. The Hall–Kier alpha value is -3.43. The van der Waals surface area contributed by atoms with E-state index in [0.29, 0.717) is 29.7 Å². The molecule has 0 bridgehead atoms. The van der Waals surface area contributed by atoms with Gasteiger partial charge in [-0.25, -0.2) is 13.2 Å². The van der Waals surface area contributed by atoms with E-state index in [9.17, 15) is 23.8 Å². The number of carboxylic acids is 1. The summed E-state index contributed by atoms with van der Waals surface area (Å²) in [5.41, 5.74) is -0.602. The maximum atomic E-state index is 15.3. The number of aliphatic hydroxyl groups excluding tert-OH is 1. The summed E-state index contributed by atoms with van der Waals surface area (Å²) in [6.45, 7) is 0.463. The molecule has 1 aliphatic heterocycles. The number of benzene rings is 2. The molecule has 190 valence electrons. The molecule has 0 spiro atoms. The largest absolute Gasteiger partial charge is 0.497 e. The highest BCUT2D eigenvalue weighted by Gasteiger charge is 2.51. The topological polar surface area (TPSA) is 82.9 Å². The van der Waals surface area contributed by atoms with E-state index in [0.717, 1.165) is 24.4 Å². The molecule has 6 nitrogen and oxygen atoms in total. The van der Waals surface area contributed by atoms with Gasteiger partial charge in [-0.05, 0) is 55.8 Å². The van der Waals surface area contributed by atoms with Crippen LogP contribution in [0.5, 0.6) is 5.75 Å². The van der Waals surface area contributed by atoms with Crippen LogP contribution in [-0.4, -0.2) is 59.4 Å². The third-order valence-electron chi connectivity index (χ3n) is 6.93. The van der Waals surface area contributed by atoms with Gasteiger partial charge in [0.15, 0.2) is 0 Å². The van der Waals surface area contributed by atoms with Crippen LogP contribution >= 0.6 is 0 Å². The number of rotatable bonds is 9. The van der Waals surface area contributed by atoms with Gasteiger partial charge in [0.1, 0.15) is 23.2 Å². The minimum Gasteiger partial charge on any atom is -0.497 e. The lowest BCUT2D eigenvalue weighted by Crippen LogP contribution is -2.41. The number of halogens is 3. The van der Waals surface area contributed by atoms with Crippen LogP contribution < -0.4 is 4.74 Å². The van der Waals surface area contributed by atoms with E-state index in [4.69, 9.17) is 4.74 Å². The van der Waals surface area contributed by atoms with Gasteiger partial charge in [-0.15, -0.1) is 0 Å². The molecule has 1 aliphatic rings. The third-order valence-corrected chi connectivity index (χ3v) is 6.93. The van der Waals surface area contributed by atoms with E-state index in [1.807, 2.05) is 4.90 Å². The first-order valence-electron chi connectivity index (χ1n) is 11.6. The number of pyridine rings is 1. The summed E-state index contributed by atoms with van der Waals surface area (Å²) in [4.78, 5) is 18.7. The summed E-state index contributed by atoms with van der Waals surface area (Å²) in [5, 5.41) is 20.7. The number of hydrogen-bond acceptors (Lipinski definition) is 5. The zero-order valence-corrected chi connectivity index (χ0v) is 19.8. The maximum Gasteiger partial charge on any atom is 0.311 e. The van der Waals surface area contributed by atoms with Gasteiger partial charge in [-0.3, -0.25) is 14.7 Å². The van der Waals surface area contributed by atoms with Crippen molar-refractivity contribution in [3.05, 3.63) is 77.2 Å². The molecule has 0 amide bonds. The maximum absolute atomic E-state index is 15.3. The zero-order valence-electron chi connectivity index (χ0n) is 19.8. The second-order valence-corrected chi connectivity index (χ2v) is 8.98. The van der Waals surface area contributed by atoms with Gasteiger partial charge < -0.3 is 14.9 Å². The van der Waals surface area contributed by atoms with Crippen LogP contribution in [-0.2, 0) is 4.79 Å². The molecule has 1 aromatic heterocycles. The van der Waals surface area contributed by atoms with Crippen molar-refractivity contribution in [2.24, 2.45) is 5.41 Å². The number of carboxylic acid groups (broad SMARTS) is 1.